The van der Waals surface area contributed by atoms with Crippen LogP contribution in [0.4, 0.5) is 16.2 Å². The van der Waals surface area contributed by atoms with Crippen molar-refractivity contribution in [2.24, 2.45) is 5.92 Å². The van der Waals surface area contributed by atoms with Gasteiger partial charge in [-0.1, -0.05) is 0 Å². The number of hydrogen-bond acceptors (Lipinski definition) is 4. The van der Waals surface area contributed by atoms with Crippen molar-refractivity contribution in [2.75, 3.05) is 32.0 Å². The molecule has 0 saturated carbocycles. The van der Waals surface area contributed by atoms with Crippen LogP contribution in [0.2, 0.25) is 0 Å². The van der Waals surface area contributed by atoms with Crippen molar-refractivity contribution >= 4 is 17.4 Å². The Kier molecular flexibility index (Phi) is 5.10. The number of piperidine rings is 1. The second kappa shape index (κ2) is 7.03. The quantitative estimate of drug-likeness (QED) is 0.657. The number of carbonyl (C=O) groups is 1. The molecule has 114 valence electrons. The maximum Gasteiger partial charge on any atom is 0.321 e. The fourth-order valence-corrected chi connectivity index (χ4v) is 2.44. The summed E-state index contributed by atoms with van der Waals surface area (Å²) in [6, 6.07) is 5.62. The van der Waals surface area contributed by atoms with Gasteiger partial charge in [-0.05, 0) is 44.0 Å². The lowest BCUT2D eigenvalue weighted by molar-refractivity contribution is -0.384. The number of nitrogens with zero attached hydrogens (tertiary/aromatic N) is 2. The largest absolute Gasteiger partial charge is 0.327 e. The fourth-order valence-electron chi connectivity index (χ4n) is 2.44. The minimum atomic E-state index is -0.464. The highest BCUT2D eigenvalue weighted by molar-refractivity contribution is 5.89. The Balaban J connectivity index is 1.86. The van der Waals surface area contributed by atoms with Gasteiger partial charge in [-0.25, -0.2) is 4.79 Å². The van der Waals surface area contributed by atoms with Crippen molar-refractivity contribution < 1.29 is 9.72 Å². The number of anilines is 1. The summed E-state index contributed by atoms with van der Waals surface area (Å²) in [4.78, 5) is 23.8. The Morgan fingerprint density at radius 1 is 1.48 bits per heavy atom. The molecule has 1 aromatic rings. The summed E-state index contributed by atoms with van der Waals surface area (Å²) in [5.74, 6) is 0.478. The molecule has 2 N–H and O–H groups in total. The molecule has 2 rings (SSSR count). The van der Waals surface area contributed by atoms with Crippen LogP contribution in [0.1, 0.15) is 12.8 Å². The summed E-state index contributed by atoms with van der Waals surface area (Å²) in [6.45, 7) is 2.69. The highest BCUT2D eigenvalue weighted by atomic mass is 16.6. The van der Waals surface area contributed by atoms with E-state index in [1.165, 1.54) is 24.3 Å². The molecular formula is C14H20N4O3. The predicted molar refractivity (Wildman–Crippen MR) is 80.3 cm³/mol. The summed E-state index contributed by atoms with van der Waals surface area (Å²) in [5, 5.41) is 16.6. The molecule has 1 aromatic carbocycles. The first-order valence-electron chi connectivity index (χ1n) is 7.03. The minimum absolute atomic E-state index is 0.00892. The van der Waals surface area contributed by atoms with Crippen molar-refractivity contribution in [1.29, 1.82) is 0 Å². The average Bonchev–Trinajstić information content (AvgIpc) is 2.48. The van der Waals surface area contributed by atoms with Crippen LogP contribution in [0.25, 0.3) is 0 Å². The van der Waals surface area contributed by atoms with E-state index in [0.29, 0.717) is 18.2 Å². The average molecular weight is 292 g/mol. The number of nitro benzene ring substituents is 1. The van der Waals surface area contributed by atoms with Gasteiger partial charge in [-0.15, -0.1) is 0 Å². The van der Waals surface area contributed by atoms with E-state index in [4.69, 9.17) is 0 Å². The van der Waals surface area contributed by atoms with Gasteiger partial charge in [0.15, 0.2) is 0 Å². The molecule has 0 aromatic heterocycles. The Hall–Kier alpha value is -2.15. The molecule has 0 bridgehead atoms. The Morgan fingerprint density at radius 2 is 2.19 bits per heavy atom. The van der Waals surface area contributed by atoms with E-state index in [9.17, 15) is 14.9 Å². The minimum Gasteiger partial charge on any atom is -0.327 e. The third-order valence-electron chi connectivity index (χ3n) is 3.61. The van der Waals surface area contributed by atoms with E-state index in [0.717, 1.165) is 25.9 Å². The molecule has 0 radical (unpaired) electrons. The fraction of sp³-hybridized carbons (Fsp3) is 0.500. The van der Waals surface area contributed by atoms with Gasteiger partial charge in [0.1, 0.15) is 0 Å². The van der Waals surface area contributed by atoms with Gasteiger partial charge in [-0.2, -0.15) is 0 Å². The number of carbonyl (C=O) groups excluding carboxylic acids is 1. The summed E-state index contributed by atoms with van der Waals surface area (Å²) < 4.78 is 0. The van der Waals surface area contributed by atoms with Gasteiger partial charge in [0.05, 0.1) is 4.92 Å². The van der Waals surface area contributed by atoms with Crippen molar-refractivity contribution in [1.82, 2.24) is 10.2 Å². The van der Waals surface area contributed by atoms with E-state index >= 15 is 0 Å². The Morgan fingerprint density at radius 3 is 2.76 bits per heavy atom. The van der Waals surface area contributed by atoms with Crippen molar-refractivity contribution in [3.05, 3.63) is 34.4 Å². The first-order valence-corrected chi connectivity index (χ1v) is 7.03. The van der Waals surface area contributed by atoms with Gasteiger partial charge < -0.3 is 15.5 Å². The smallest absolute Gasteiger partial charge is 0.321 e. The maximum absolute atomic E-state index is 12.1. The number of nitro groups is 1. The predicted octanol–water partition coefficient (Wildman–Crippen LogP) is 2.06. The van der Waals surface area contributed by atoms with Crippen LogP contribution in [0.5, 0.6) is 0 Å². The van der Waals surface area contributed by atoms with E-state index in [2.05, 4.69) is 10.6 Å². The normalized spacial score (nSPS) is 18.0. The molecule has 0 spiro atoms. The molecule has 1 aliphatic rings. The summed E-state index contributed by atoms with van der Waals surface area (Å²) >= 11 is 0. The van der Waals surface area contributed by atoms with Crippen LogP contribution in [0.15, 0.2) is 24.3 Å². The molecule has 1 fully saturated rings. The van der Waals surface area contributed by atoms with Gasteiger partial charge in [-0.3, -0.25) is 10.1 Å². The van der Waals surface area contributed by atoms with Crippen LogP contribution in [-0.4, -0.2) is 42.5 Å². The Labute approximate surface area is 123 Å². The third-order valence-corrected chi connectivity index (χ3v) is 3.61. The number of nitrogens with one attached hydrogen (secondary N) is 2. The first kappa shape index (κ1) is 15.2. The molecule has 2 amide bonds. The molecule has 21 heavy (non-hydrogen) atoms. The van der Waals surface area contributed by atoms with Crippen LogP contribution < -0.4 is 10.6 Å². The monoisotopic (exact) mass is 292 g/mol. The van der Waals surface area contributed by atoms with Crippen molar-refractivity contribution in [2.45, 2.75) is 12.8 Å². The van der Waals surface area contributed by atoms with E-state index < -0.39 is 4.92 Å². The molecule has 7 nitrogen and oxygen atoms in total. The number of benzene rings is 1. The van der Waals surface area contributed by atoms with E-state index in [1.807, 2.05) is 0 Å². The molecule has 1 atom stereocenters. The number of rotatable bonds is 4. The molecule has 1 heterocycles. The first-order chi connectivity index (χ1) is 10.1. The topological polar surface area (TPSA) is 87.5 Å². The van der Waals surface area contributed by atoms with Crippen molar-refractivity contribution in [3.8, 4) is 0 Å². The third kappa shape index (κ3) is 4.42. The lowest BCUT2D eigenvalue weighted by Crippen LogP contribution is -2.40. The molecule has 1 aliphatic heterocycles. The van der Waals surface area contributed by atoms with Gasteiger partial charge in [0.2, 0.25) is 0 Å². The summed E-state index contributed by atoms with van der Waals surface area (Å²) in [7, 11) is 1.76. The molecule has 1 saturated heterocycles. The highest BCUT2D eigenvalue weighted by Gasteiger charge is 2.18. The SMILES string of the molecule is CN(CC1CCCNC1)C(=O)Nc1ccc([N+](=O)[O-])cc1. The van der Waals surface area contributed by atoms with Crippen LogP contribution >= 0.6 is 0 Å². The highest BCUT2D eigenvalue weighted by Crippen LogP contribution is 2.16. The summed E-state index contributed by atoms with van der Waals surface area (Å²) in [6.07, 6.45) is 2.27. The van der Waals surface area contributed by atoms with Crippen LogP contribution in [0, 0.1) is 16.0 Å². The maximum atomic E-state index is 12.1. The molecule has 1 unspecified atom stereocenters. The summed E-state index contributed by atoms with van der Waals surface area (Å²) in [5.41, 5.74) is 0.564. The molecule has 7 heteroatoms. The number of non-ortho nitro benzene ring substituents is 1. The number of urea groups is 1. The van der Waals surface area contributed by atoms with E-state index in [-0.39, 0.29) is 11.7 Å². The molecule has 0 aliphatic carbocycles. The Bertz CT molecular complexity index is 497. The van der Waals surface area contributed by atoms with Crippen molar-refractivity contribution in [3.63, 3.8) is 0 Å². The number of amides is 2. The second-order valence-electron chi connectivity index (χ2n) is 5.33. The van der Waals surface area contributed by atoms with Crippen LogP contribution in [0.3, 0.4) is 0 Å². The van der Waals surface area contributed by atoms with E-state index in [1.54, 1.807) is 11.9 Å². The standard InChI is InChI=1S/C14H20N4O3/c1-17(10-11-3-2-8-15-9-11)14(19)16-12-4-6-13(7-5-12)18(20)21/h4-7,11,15H,2-3,8-10H2,1H3,(H,16,19). The van der Waals surface area contributed by atoms with Crippen LogP contribution in [-0.2, 0) is 0 Å². The zero-order valence-electron chi connectivity index (χ0n) is 12.0. The number of hydrogen-bond donors (Lipinski definition) is 2. The second-order valence-corrected chi connectivity index (χ2v) is 5.33. The zero-order chi connectivity index (χ0) is 15.2. The van der Waals surface area contributed by atoms with Gasteiger partial charge in [0, 0.05) is 31.4 Å². The van der Waals surface area contributed by atoms with Gasteiger partial charge in [0.25, 0.3) is 5.69 Å². The van der Waals surface area contributed by atoms with Gasteiger partial charge >= 0.3 is 6.03 Å². The molecular weight excluding hydrogens is 272 g/mol. The lowest BCUT2D eigenvalue weighted by Gasteiger charge is -2.27. The lowest BCUT2D eigenvalue weighted by atomic mass is 9.99. The zero-order valence-corrected chi connectivity index (χ0v) is 12.0.